The lowest BCUT2D eigenvalue weighted by Gasteiger charge is -2.17. The molecule has 0 fully saturated rings. The molecular formula is C18H25NO4. The maximum Gasteiger partial charge on any atom is 0.199 e. The van der Waals surface area contributed by atoms with Crippen LogP contribution in [-0.4, -0.2) is 36.2 Å². The van der Waals surface area contributed by atoms with Crippen LogP contribution in [-0.2, 0) is 0 Å². The fourth-order valence-corrected chi connectivity index (χ4v) is 2.58. The first-order valence-corrected chi connectivity index (χ1v) is 8.10. The molecule has 1 N–H and O–H groups in total. The molecule has 1 heterocycles. The second-order valence-electron chi connectivity index (χ2n) is 5.66. The Hall–Kier alpha value is -2.01. The second kappa shape index (κ2) is 7.51. The SMILES string of the molecule is CCN(CC)CCCOc1cc(O)c2c(=O)c(C)c(C)oc2c1. The first kappa shape index (κ1) is 17.3. The lowest BCUT2D eigenvalue weighted by Crippen LogP contribution is -2.25. The molecule has 126 valence electrons. The van der Waals surface area contributed by atoms with E-state index in [4.69, 9.17) is 9.15 Å². The van der Waals surface area contributed by atoms with E-state index in [0.29, 0.717) is 29.3 Å². The Balaban J connectivity index is 2.14. The Morgan fingerprint density at radius 1 is 1.22 bits per heavy atom. The lowest BCUT2D eigenvalue weighted by atomic mass is 10.1. The molecule has 23 heavy (non-hydrogen) atoms. The fourth-order valence-electron chi connectivity index (χ4n) is 2.58. The van der Waals surface area contributed by atoms with Crippen molar-refractivity contribution < 1.29 is 14.3 Å². The minimum absolute atomic E-state index is 0.0990. The second-order valence-corrected chi connectivity index (χ2v) is 5.66. The highest BCUT2D eigenvalue weighted by atomic mass is 16.5. The molecule has 0 aliphatic carbocycles. The molecule has 0 bridgehead atoms. The van der Waals surface area contributed by atoms with Gasteiger partial charge in [0, 0.05) is 24.2 Å². The van der Waals surface area contributed by atoms with E-state index in [9.17, 15) is 9.90 Å². The Labute approximate surface area is 136 Å². The predicted molar refractivity (Wildman–Crippen MR) is 91.5 cm³/mol. The summed E-state index contributed by atoms with van der Waals surface area (Å²) in [6.07, 6.45) is 0.900. The molecule has 2 rings (SSSR count). The maximum absolute atomic E-state index is 12.2. The van der Waals surface area contributed by atoms with Gasteiger partial charge >= 0.3 is 0 Å². The van der Waals surface area contributed by atoms with Crippen LogP contribution in [0.4, 0.5) is 0 Å². The van der Waals surface area contributed by atoms with Crippen molar-refractivity contribution in [3.8, 4) is 11.5 Å². The van der Waals surface area contributed by atoms with Crippen LogP contribution in [0.15, 0.2) is 21.3 Å². The van der Waals surface area contributed by atoms with E-state index in [1.165, 1.54) is 6.07 Å². The van der Waals surface area contributed by atoms with E-state index in [2.05, 4.69) is 18.7 Å². The molecule has 0 saturated carbocycles. The van der Waals surface area contributed by atoms with Crippen LogP contribution in [0.2, 0.25) is 0 Å². The van der Waals surface area contributed by atoms with E-state index in [0.717, 1.165) is 26.1 Å². The van der Waals surface area contributed by atoms with Gasteiger partial charge < -0.3 is 19.2 Å². The van der Waals surface area contributed by atoms with Crippen molar-refractivity contribution in [2.24, 2.45) is 0 Å². The molecule has 0 spiro atoms. The van der Waals surface area contributed by atoms with E-state index in [1.54, 1.807) is 19.9 Å². The van der Waals surface area contributed by atoms with Crippen molar-refractivity contribution in [1.82, 2.24) is 4.90 Å². The molecule has 0 unspecified atom stereocenters. The zero-order valence-electron chi connectivity index (χ0n) is 14.3. The molecular weight excluding hydrogens is 294 g/mol. The number of fused-ring (bicyclic) bond motifs is 1. The van der Waals surface area contributed by atoms with Gasteiger partial charge in [-0.15, -0.1) is 0 Å². The number of hydrogen-bond acceptors (Lipinski definition) is 5. The molecule has 5 heteroatoms. The van der Waals surface area contributed by atoms with E-state index in [-0.39, 0.29) is 16.6 Å². The smallest absolute Gasteiger partial charge is 0.199 e. The number of phenolic OH excluding ortho intramolecular Hbond substituents is 1. The quantitative estimate of drug-likeness (QED) is 0.794. The summed E-state index contributed by atoms with van der Waals surface area (Å²) in [5, 5.41) is 10.3. The molecule has 2 aromatic rings. The van der Waals surface area contributed by atoms with E-state index >= 15 is 0 Å². The van der Waals surface area contributed by atoms with Crippen molar-refractivity contribution >= 4 is 11.0 Å². The minimum Gasteiger partial charge on any atom is -0.507 e. The van der Waals surface area contributed by atoms with Gasteiger partial charge in [0.05, 0.1) is 6.61 Å². The van der Waals surface area contributed by atoms with Crippen LogP contribution in [0.25, 0.3) is 11.0 Å². The molecule has 0 radical (unpaired) electrons. The third kappa shape index (κ3) is 3.85. The largest absolute Gasteiger partial charge is 0.507 e. The third-order valence-corrected chi connectivity index (χ3v) is 4.20. The number of rotatable bonds is 7. The molecule has 5 nitrogen and oxygen atoms in total. The summed E-state index contributed by atoms with van der Waals surface area (Å²) in [6, 6.07) is 3.14. The number of ether oxygens (including phenoxy) is 1. The molecule has 0 amide bonds. The minimum atomic E-state index is -0.200. The standard InChI is InChI=1S/C18H25NO4/c1-5-19(6-2)8-7-9-22-14-10-15(20)17-16(11-14)23-13(4)12(3)18(17)21/h10-11,20H,5-9H2,1-4H3. The molecule has 0 aliphatic heterocycles. The van der Waals surface area contributed by atoms with Gasteiger partial charge in [-0.2, -0.15) is 0 Å². The molecule has 1 aromatic heterocycles. The molecule has 0 atom stereocenters. The van der Waals surface area contributed by atoms with Crippen molar-refractivity contribution in [3.63, 3.8) is 0 Å². The summed E-state index contributed by atoms with van der Waals surface area (Å²) < 4.78 is 11.3. The predicted octanol–water partition coefficient (Wildman–Crippen LogP) is 3.23. The number of hydrogen-bond donors (Lipinski definition) is 1. The normalized spacial score (nSPS) is 11.3. The number of nitrogens with zero attached hydrogens (tertiary/aromatic N) is 1. The van der Waals surface area contributed by atoms with Crippen LogP contribution in [0.5, 0.6) is 11.5 Å². The lowest BCUT2D eigenvalue weighted by molar-refractivity contribution is 0.249. The average molecular weight is 319 g/mol. The first-order valence-electron chi connectivity index (χ1n) is 8.10. The van der Waals surface area contributed by atoms with Gasteiger partial charge in [0.25, 0.3) is 0 Å². The third-order valence-electron chi connectivity index (χ3n) is 4.20. The van der Waals surface area contributed by atoms with Gasteiger partial charge in [-0.05, 0) is 33.4 Å². The number of aromatic hydroxyl groups is 1. The van der Waals surface area contributed by atoms with Crippen LogP contribution in [0.1, 0.15) is 31.6 Å². The highest BCUT2D eigenvalue weighted by Crippen LogP contribution is 2.29. The van der Waals surface area contributed by atoms with Crippen molar-refractivity contribution in [3.05, 3.63) is 33.7 Å². The van der Waals surface area contributed by atoms with Crippen LogP contribution >= 0.6 is 0 Å². The highest BCUT2D eigenvalue weighted by Gasteiger charge is 2.13. The van der Waals surface area contributed by atoms with Gasteiger partial charge in [0.15, 0.2) is 5.43 Å². The molecule has 0 aliphatic rings. The Kier molecular flexibility index (Phi) is 5.66. The number of aryl methyl sites for hydroxylation is 1. The molecule has 0 saturated heterocycles. The summed E-state index contributed by atoms with van der Waals surface area (Å²) in [5.41, 5.74) is 0.673. The maximum atomic E-state index is 12.2. The van der Waals surface area contributed by atoms with Gasteiger partial charge in [-0.25, -0.2) is 0 Å². The zero-order valence-corrected chi connectivity index (χ0v) is 14.3. The van der Waals surface area contributed by atoms with Gasteiger partial charge in [-0.3, -0.25) is 4.79 Å². The Morgan fingerprint density at radius 2 is 1.91 bits per heavy atom. The number of benzene rings is 1. The Morgan fingerprint density at radius 3 is 2.57 bits per heavy atom. The van der Waals surface area contributed by atoms with Gasteiger partial charge in [0.2, 0.25) is 0 Å². The zero-order chi connectivity index (χ0) is 17.0. The monoisotopic (exact) mass is 319 g/mol. The summed E-state index contributed by atoms with van der Waals surface area (Å²) in [5.74, 6) is 0.972. The van der Waals surface area contributed by atoms with Gasteiger partial charge in [0.1, 0.15) is 28.2 Å². The summed E-state index contributed by atoms with van der Waals surface area (Å²) in [4.78, 5) is 14.5. The highest BCUT2D eigenvalue weighted by molar-refractivity contribution is 5.85. The van der Waals surface area contributed by atoms with Crippen molar-refractivity contribution in [2.75, 3.05) is 26.2 Å². The summed E-state index contributed by atoms with van der Waals surface area (Å²) in [7, 11) is 0. The first-order chi connectivity index (χ1) is 11.0. The summed E-state index contributed by atoms with van der Waals surface area (Å²) >= 11 is 0. The number of phenols is 1. The average Bonchev–Trinajstić information content (AvgIpc) is 2.52. The van der Waals surface area contributed by atoms with E-state index < -0.39 is 0 Å². The summed E-state index contributed by atoms with van der Waals surface area (Å²) in [6.45, 7) is 11.3. The molecule has 1 aromatic carbocycles. The van der Waals surface area contributed by atoms with Gasteiger partial charge in [-0.1, -0.05) is 13.8 Å². The van der Waals surface area contributed by atoms with Crippen LogP contribution < -0.4 is 10.2 Å². The van der Waals surface area contributed by atoms with E-state index in [1.807, 2.05) is 0 Å². The fraction of sp³-hybridized carbons (Fsp3) is 0.500. The van der Waals surface area contributed by atoms with Crippen LogP contribution in [0.3, 0.4) is 0 Å². The topological polar surface area (TPSA) is 62.9 Å². The Bertz CT molecular complexity index is 732. The van der Waals surface area contributed by atoms with Crippen LogP contribution in [0, 0.1) is 13.8 Å². The van der Waals surface area contributed by atoms with Crippen molar-refractivity contribution in [1.29, 1.82) is 0 Å². The van der Waals surface area contributed by atoms with Crippen molar-refractivity contribution in [2.45, 2.75) is 34.1 Å².